The molecule has 3 amide bonds. The summed E-state index contributed by atoms with van der Waals surface area (Å²) in [5.41, 5.74) is 2.09. The smallest absolute Gasteiger partial charge is 0.321 e. The second-order valence-electron chi connectivity index (χ2n) is 6.46. The van der Waals surface area contributed by atoms with Crippen LogP contribution in [0.1, 0.15) is 37.7 Å². The molecule has 0 saturated heterocycles. The van der Waals surface area contributed by atoms with Gasteiger partial charge in [0.2, 0.25) is 11.0 Å². The van der Waals surface area contributed by atoms with Crippen molar-refractivity contribution in [2.24, 2.45) is 0 Å². The van der Waals surface area contributed by atoms with Crippen LogP contribution in [0, 0.1) is 6.92 Å². The molecule has 1 aliphatic rings. The maximum Gasteiger partial charge on any atom is 0.321 e. The van der Waals surface area contributed by atoms with Gasteiger partial charge in [-0.15, -0.1) is 10.2 Å². The van der Waals surface area contributed by atoms with Crippen molar-refractivity contribution < 1.29 is 9.59 Å². The number of carbonyl (C=O) groups excluding carboxylic acids is 2. The summed E-state index contributed by atoms with van der Waals surface area (Å²) >= 11 is 2.64. The second kappa shape index (κ2) is 9.70. The molecule has 9 heteroatoms. The molecule has 1 aromatic carbocycles. The first kappa shape index (κ1) is 19.6. The van der Waals surface area contributed by atoms with Crippen LogP contribution in [0.5, 0.6) is 0 Å². The van der Waals surface area contributed by atoms with Gasteiger partial charge >= 0.3 is 6.03 Å². The third-order valence-corrected chi connectivity index (χ3v) is 6.29. The van der Waals surface area contributed by atoms with Crippen molar-refractivity contribution in [1.29, 1.82) is 0 Å². The number of anilines is 2. The van der Waals surface area contributed by atoms with Crippen molar-refractivity contribution >= 4 is 45.9 Å². The predicted molar refractivity (Wildman–Crippen MR) is 109 cm³/mol. The Hall–Kier alpha value is -2.13. The summed E-state index contributed by atoms with van der Waals surface area (Å²) in [7, 11) is 0. The van der Waals surface area contributed by atoms with Crippen LogP contribution >= 0.6 is 23.1 Å². The van der Waals surface area contributed by atoms with Gasteiger partial charge in [-0.1, -0.05) is 60.6 Å². The number of aryl methyl sites for hydroxylation is 1. The van der Waals surface area contributed by atoms with Crippen LogP contribution in [0.25, 0.3) is 0 Å². The Kier molecular flexibility index (Phi) is 7.05. The summed E-state index contributed by atoms with van der Waals surface area (Å²) < 4.78 is 0.675. The van der Waals surface area contributed by atoms with Crippen molar-refractivity contribution in [3.63, 3.8) is 0 Å². The second-order valence-corrected chi connectivity index (χ2v) is 8.66. The van der Waals surface area contributed by atoms with Gasteiger partial charge in [0.25, 0.3) is 0 Å². The molecule has 0 spiro atoms. The number of nitrogens with zero attached hydrogens (tertiary/aromatic N) is 2. The van der Waals surface area contributed by atoms with Crippen LogP contribution in [0.3, 0.4) is 0 Å². The Bertz CT molecular complexity index is 790. The predicted octanol–water partition coefficient (Wildman–Crippen LogP) is 3.84. The van der Waals surface area contributed by atoms with Gasteiger partial charge in [0.15, 0.2) is 4.34 Å². The lowest BCUT2D eigenvalue weighted by atomic mass is 9.96. The highest BCUT2D eigenvalue weighted by atomic mass is 32.2. The van der Waals surface area contributed by atoms with Crippen LogP contribution in [-0.2, 0) is 4.79 Å². The lowest BCUT2D eigenvalue weighted by Gasteiger charge is -2.22. The molecular weight excluding hydrogens is 382 g/mol. The zero-order valence-corrected chi connectivity index (χ0v) is 16.8. The number of hydrogen-bond acceptors (Lipinski definition) is 7. The summed E-state index contributed by atoms with van der Waals surface area (Å²) in [5.74, 6) is -0.214. The average Bonchev–Trinajstić information content (AvgIpc) is 3.10. The summed E-state index contributed by atoms with van der Waals surface area (Å²) in [4.78, 5) is 23.8. The number of urea groups is 1. The minimum atomic E-state index is -0.410. The standard InChI is InChI=1S/C18H23N5O2S2/c1-12-7-5-6-10-14(12)20-17-22-23-18(27-17)26-11-15(24)21-16(25)19-13-8-3-2-4-9-13/h5-7,10,13H,2-4,8-9,11H2,1H3,(H,20,22)(H2,19,21,24,25). The van der Waals surface area contributed by atoms with E-state index in [2.05, 4.69) is 26.1 Å². The largest absolute Gasteiger partial charge is 0.335 e. The molecule has 0 aliphatic heterocycles. The van der Waals surface area contributed by atoms with Crippen molar-refractivity contribution in [2.45, 2.75) is 49.4 Å². The fraction of sp³-hybridized carbons (Fsp3) is 0.444. The lowest BCUT2D eigenvalue weighted by molar-refractivity contribution is -0.117. The fourth-order valence-electron chi connectivity index (χ4n) is 2.91. The van der Waals surface area contributed by atoms with Gasteiger partial charge in [-0.3, -0.25) is 10.1 Å². The van der Waals surface area contributed by atoms with Gasteiger partial charge < -0.3 is 10.6 Å². The molecule has 1 saturated carbocycles. The Labute approximate surface area is 166 Å². The van der Waals surface area contributed by atoms with Gasteiger partial charge in [-0.05, 0) is 31.4 Å². The van der Waals surface area contributed by atoms with Crippen molar-refractivity contribution in [2.75, 3.05) is 11.1 Å². The van der Waals surface area contributed by atoms with E-state index in [4.69, 9.17) is 0 Å². The SMILES string of the molecule is Cc1ccccc1Nc1nnc(SCC(=O)NC(=O)NC2CCCCC2)s1. The Morgan fingerprint density at radius 2 is 1.96 bits per heavy atom. The van der Waals surface area contributed by atoms with Crippen LogP contribution < -0.4 is 16.0 Å². The number of hydrogen-bond donors (Lipinski definition) is 3. The number of amides is 3. The van der Waals surface area contributed by atoms with E-state index < -0.39 is 6.03 Å². The number of benzene rings is 1. The highest BCUT2D eigenvalue weighted by molar-refractivity contribution is 8.01. The Morgan fingerprint density at radius 1 is 1.19 bits per heavy atom. The molecular formula is C18H23N5O2S2. The summed E-state index contributed by atoms with van der Waals surface area (Å²) in [6.07, 6.45) is 5.45. The van der Waals surface area contributed by atoms with Gasteiger partial charge in [0.1, 0.15) is 0 Å². The minimum Gasteiger partial charge on any atom is -0.335 e. The fourth-order valence-corrected chi connectivity index (χ4v) is 4.47. The highest BCUT2D eigenvalue weighted by Gasteiger charge is 2.17. The Balaban J connectivity index is 1.42. The molecule has 27 heavy (non-hydrogen) atoms. The molecule has 3 rings (SSSR count). The first-order chi connectivity index (χ1) is 13.1. The summed E-state index contributed by atoms with van der Waals surface area (Å²) in [6.45, 7) is 2.02. The molecule has 7 nitrogen and oxygen atoms in total. The maximum absolute atomic E-state index is 12.0. The number of imide groups is 1. The molecule has 1 heterocycles. The van der Waals surface area contributed by atoms with Crippen molar-refractivity contribution in [3.8, 4) is 0 Å². The number of thioether (sulfide) groups is 1. The van der Waals surface area contributed by atoms with E-state index in [1.54, 1.807) is 0 Å². The Morgan fingerprint density at radius 3 is 2.74 bits per heavy atom. The number of nitrogens with one attached hydrogen (secondary N) is 3. The van der Waals surface area contributed by atoms with E-state index in [-0.39, 0.29) is 17.7 Å². The van der Waals surface area contributed by atoms with Crippen LogP contribution in [0.15, 0.2) is 28.6 Å². The molecule has 1 aliphatic carbocycles. The molecule has 1 fully saturated rings. The van der Waals surface area contributed by atoms with Gasteiger partial charge in [0.05, 0.1) is 5.75 Å². The van der Waals surface area contributed by atoms with E-state index in [1.165, 1.54) is 29.5 Å². The molecule has 0 bridgehead atoms. The summed E-state index contributed by atoms with van der Waals surface area (Å²) in [5, 5.41) is 17.3. The van der Waals surface area contributed by atoms with Crippen LogP contribution in [0.2, 0.25) is 0 Å². The number of aromatic nitrogens is 2. The maximum atomic E-state index is 12.0. The van der Waals surface area contributed by atoms with E-state index in [0.717, 1.165) is 36.9 Å². The first-order valence-electron chi connectivity index (χ1n) is 8.99. The van der Waals surface area contributed by atoms with E-state index in [1.807, 2.05) is 31.2 Å². The third kappa shape index (κ3) is 6.21. The minimum absolute atomic E-state index is 0.122. The molecule has 144 valence electrons. The number of para-hydroxylation sites is 1. The monoisotopic (exact) mass is 405 g/mol. The molecule has 1 aromatic heterocycles. The molecule has 0 radical (unpaired) electrons. The molecule has 0 atom stereocenters. The summed E-state index contributed by atoms with van der Waals surface area (Å²) in [6, 6.07) is 7.69. The number of rotatable bonds is 6. The lowest BCUT2D eigenvalue weighted by Crippen LogP contribution is -2.45. The normalized spacial score (nSPS) is 14.6. The average molecular weight is 406 g/mol. The molecule has 2 aromatic rings. The van der Waals surface area contributed by atoms with Crippen LogP contribution in [0.4, 0.5) is 15.6 Å². The van der Waals surface area contributed by atoms with Crippen molar-refractivity contribution in [1.82, 2.24) is 20.8 Å². The molecule has 3 N–H and O–H groups in total. The van der Waals surface area contributed by atoms with Gasteiger partial charge in [-0.2, -0.15) is 0 Å². The zero-order valence-electron chi connectivity index (χ0n) is 15.2. The first-order valence-corrected chi connectivity index (χ1v) is 10.8. The van der Waals surface area contributed by atoms with Crippen molar-refractivity contribution in [3.05, 3.63) is 29.8 Å². The van der Waals surface area contributed by atoms with E-state index in [0.29, 0.717) is 9.47 Å². The van der Waals surface area contributed by atoms with Crippen LogP contribution in [-0.4, -0.2) is 33.9 Å². The third-order valence-electron chi connectivity index (χ3n) is 4.31. The van der Waals surface area contributed by atoms with Gasteiger partial charge in [-0.25, -0.2) is 4.79 Å². The quantitative estimate of drug-likeness (QED) is 0.632. The van der Waals surface area contributed by atoms with E-state index >= 15 is 0 Å². The highest BCUT2D eigenvalue weighted by Crippen LogP contribution is 2.28. The van der Waals surface area contributed by atoms with E-state index in [9.17, 15) is 9.59 Å². The number of carbonyl (C=O) groups is 2. The van der Waals surface area contributed by atoms with Gasteiger partial charge in [0, 0.05) is 11.7 Å². The topological polar surface area (TPSA) is 96.0 Å². The molecule has 0 unspecified atom stereocenters. The zero-order chi connectivity index (χ0) is 19.1.